The predicted octanol–water partition coefficient (Wildman–Crippen LogP) is 7.60. The molecule has 3 atom stereocenters. The van der Waals surface area contributed by atoms with Gasteiger partial charge in [-0.1, -0.05) is 122 Å². The fraction of sp³-hybridized carbons (Fsp3) is 0.853. The van der Waals surface area contributed by atoms with Gasteiger partial charge in [0.15, 0.2) is 0 Å². The molecule has 254 valence electrons. The van der Waals surface area contributed by atoms with Crippen LogP contribution in [0, 0.1) is 0 Å². The summed E-state index contributed by atoms with van der Waals surface area (Å²) >= 11 is 0. The van der Waals surface area contributed by atoms with Crippen LogP contribution in [-0.4, -0.2) is 68.5 Å². The summed E-state index contributed by atoms with van der Waals surface area (Å²) in [4.78, 5) is 24.9. The van der Waals surface area contributed by atoms with E-state index in [4.69, 9.17) is 9.05 Å². The Morgan fingerprint density at radius 2 is 1.30 bits per heavy atom. The largest absolute Gasteiger partial charge is 0.756 e. The van der Waals surface area contributed by atoms with Crippen LogP contribution in [0.1, 0.15) is 136 Å². The minimum absolute atomic E-state index is 0.00528. The van der Waals surface area contributed by atoms with Crippen molar-refractivity contribution in [2.24, 2.45) is 0 Å². The first-order valence-electron chi connectivity index (χ1n) is 17.2. The summed E-state index contributed by atoms with van der Waals surface area (Å²) in [5.74, 6) is -0.216. The van der Waals surface area contributed by atoms with Crippen molar-refractivity contribution in [3.63, 3.8) is 0 Å². The van der Waals surface area contributed by atoms with E-state index >= 15 is 0 Å². The molecule has 9 heteroatoms. The highest BCUT2D eigenvalue weighted by molar-refractivity contribution is 7.45. The molecule has 0 heterocycles. The van der Waals surface area contributed by atoms with E-state index in [1.807, 2.05) is 27.2 Å². The van der Waals surface area contributed by atoms with Gasteiger partial charge in [0.1, 0.15) is 13.2 Å². The Bertz CT molecular complexity index is 768. The monoisotopic (exact) mass is 630 g/mol. The second kappa shape index (κ2) is 27.3. The molecule has 0 aromatic heterocycles. The highest BCUT2D eigenvalue weighted by Gasteiger charge is 2.23. The zero-order valence-corrected chi connectivity index (χ0v) is 29.3. The van der Waals surface area contributed by atoms with Crippen LogP contribution in [0.3, 0.4) is 0 Å². The molecule has 0 aromatic carbocycles. The molecule has 0 rings (SSSR count). The van der Waals surface area contributed by atoms with Gasteiger partial charge in [-0.25, -0.2) is 0 Å². The quantitative estimate of drug-likeness (QED) is 0.0366. The average molecular weight is 631 g/mol. The molecule has 43 heavy (non-hydrogen) atoms. The molecule has 3 unspecified atom stereocenters. The number of nitrogens with zero attached hydrogens (tertiary/aromatic N) is 1. The maximum Gasteiger partial charge on any atom is 0.268 e. The van der Waals surface area contributed by atoms with E-state index in [1.54, 1.807) is 6.08 Å². The molecular weight excluding hydrogens is 563 g/mol. The van der Waals surface area contributed by atoms with E-state index < -0.39 is 26.6 Å². The van der Waals surface area contributed by atoms with Gasteiger partial charge in [-0.05, 0) is 32.1 Å². The summed E-state index contributed by atoms with van der Waals surface area (Å²) in [7, 11) is 1.24. The fourth-order valence-corrected chi connectivity index (χ4v) is 5.30. The number of likely N-dealkylation sites (N-methyl/N-ethyl adjacent to an activating group) is 1. The Labute approximate surface area is 264 Å². The van der Waals surface area contributed by atoms with E-state index in [1.165, 1.54) is 77.0 Å². The second-order valence-corrected chi connectivity index (χ2v) is 14.3. The number of unbranched alkanes of at least 4 members (excludes halogenated alkanes) is 15. The number of nitrogens with one attached hydrogen (secondary N) is 1. The first kappa shape index (κ1) is 42.0. The molecule has 0 fully saturated rings. The molecule has 0 bridgehead atoms. The van der Waals surface area contributed by atoms with Crippen LogP contribution >= 0.6 is 7.82 Å². The lowest BCUT2D eigenvalue weighted by Crippen LogP contribution is -2.45. The van der Waals surface area contributed by atoms with Gasteiger partial charge >= 0.3 is 0 Å². The van der Waals surface area contributed by atoms with Gasteiger partial charge in [0.05, 0.1) is 39.9 Å². The molecule has 0 aromatic rings. The minimum atomic E-state index is -4.57. The highest BCUT2D eigenvalue weighted by atomic mass is 31.2. The number of allylic oxidation sites excluding steroid dienone is 3. The molecule has 0 radical (unpaired) electrons. The first-order valence-corrected chi connectivity index (χ1v) is 18.7. The number of hydrogen-bond acceptors (Lipinski definition) is 6. The maximum atomic E-state index is 12.6. The van der Waals surface area contributed by atoms with Gasteiger partial charge in [-0.3, -0.25) is 9.36 Å². The van der Waals surface area contributed by atoms with Gasteiger partial charge in [0.2, 0.25) is 5.91 Å². The third kappa shape index (κ3) is 29.5. The van der Waals surface area contributed by atoms with Crippen molar-refractivity contribution >= 4 is 13.7 Å². The Morgan fingerprint density at radius 1 is 0.791 bits per heavy atom. The minimum Gasteiger partial charge on any atom is -0.756 e. The molecule has 8 nitrogen and oxygen atoms in total. The highest BCUT2D eigenvalue weighted by Crippen LogP contribution is 2.38. The number of carbonyl (C=O) groups is 1. The third-order valence-electron chi connectivity index (χ3n) is 7.41. The fourth-order valence-electron chi connectivity index (χ4n) is 4.58. The van der Waals surface area contributed by atoms with Crippen molar-refractivity contribution in [2.75, 3.05) is 40.9 Å². The van der Waals surface area contributed by atoms with Crippen LogP contribution in [0.4, 0.5) is 0 Å². The Hall–Kier alpha value is -1.02. The number of amides is 1. The first-order chi connectivity index (χ1) is 20.5. The number of phosphoric acid groups is 1. The Morgan fingerprint density at radius 3 is 1.88 bits per heavy atom. The number of hydrogen-bond donors (Lipinski definition) is 2. The van der Waals surface area contributed by atoms with Crippen LogP contribution < -0.4 is 10.2 Å². The topological polar surface area (TPSA) is 108 Å². The number of phosphoric ester groups is 1. The van der Waals surface area contributed by atoms with Gasteiger partial charge in [0.25, 0.3) is 7.82 Å². The molecule has 0 aliphatic rings. The zero-order chi connectivity index (χ0) is 32.2. The lowest BCUT2D eigenvalue weighted by atomic mass is 10.1. The van der Waals surface area contributed by atoms with E-state index in [-0.39, 0.29) is 12.5 Å². The van der Waals surface area contributed by atoms with E-state index in [2.05, 4.69) is 31.3 Å². The Balaban J connectivity index is 4.67. The summed E-state index contributed by atoms with van der Waals surface area (Å²) in [6.07, 6.45) is 28.0. The number of aliphatic hydroxyl groups excluding tert-OH is 1. The number of quaternary nitrogens is 1. The number of aliphatic hydroxyl groups is 1. The van der Waals surface area contributed by atoms with Crippen molar-refractivity contribution in [3.05, 3.63) is 24.3 Å². The summed E-state index contributed by atoms with van der Waals surface area (Å²) in [5.41, 5.74) is 0. The van der Waals surface area contributed by atoms with Gasteiger partial charge < -0.3 is 28.8 Å². The van der Waals surface area contributed by atoms with Crippen molar-refractivity contribution in [2.45, 2.75) is 148 Å². The van der Waals surface area contributed by atoms with Gasteiger partial charge in [-0.15, -0.1) is 0 Å². The van der Waals surface area contributed by atoms with Crippen LogP contribution in [0.5, 0.6) is 0 Å². The van der Waals surface area contributed by atoms with Gasteiger partial charge in [0, 0.05) is 6.42 Å². The molecule has 0 aliphatic heterocycles. The predicted molar refractivity (Wildman–Crippen MR) is 178 cm³/mol. The number of carbonyl (C=O) groups excluding carboxylic acids is 1. The summed E-state index contributed by atoms with van der Waals surface area (Å²) in [6.45, 7) is 4.54. The molecule has 0 saturated carbocycles. The van der Waals surface area contributed by atoms with Crippen molar-refractivity contribution in [1.29, 1.82) is 0 Å². The van der Waals surface area contributed by atoms with Crippen molar-refractivity contribution in [1.82, 2.24) is 5.32 Å². The van der Waals surface area contributed by atoms with Crippen LogP contribution in [0.2, 0.25) is 0 Å². The molecular formula is C34H67N2O6P. The smallest absolute Gasteiger partial charge is 0.268 e. The van der Waals surface area contributed by atoms with Gasteiger partial charge in [-0.2, -0.15) is 0 Å². The van der Waals surface area contributed by atoms with E-state index in [0.717, 1.165) is 38.5 Å². The average Bonchev–Trinajstić information content (AvgIpc) is 2.94. The summed E-state index contributed by atoms with van der Waals surface area (Å²) in [5, 5.41) is 13.6. The normalized spacial score (nSPS) is 15.2. The molecule has 2 N–H and O–H groups in total. The molecule has 0 aliphatic carbocycles. The third-order valence-corrected chi connectivity index (χ3v) is 8.38. The van der Waals surface area contributed by atoms with Crippen LogP contribution in [-0.2, 0) is 18.4 Å². The van der Waals surface area contributed by atoms with Crippen LogP contribution in [0.15, 0.2) is 24.3 Å². The van der Waals surface area contributed by atoms with Crippen LogP contribution in [0.25, 0.3) is 0 Å². The van der Waals surface area contributed by atoms with E-state index in [0.29, 0.717) is 17.4 Å². The zero-order valence-electron chi connectivity index (χ0n) is 28.4. The second-order valence-electron chi connectivity index (χ2n) is 12.9. The standard InChI is InChI=1S/C34H67N2O6P/c1-6-8-10-12-14-16-17-18-19-20-21-23-25-27-33(37)32(31-42-43(39,40)41-30-29-36(3,4)5)35-34(38)28-26-24-22-15-13-11-9-7-2/h19-20,25,27,32-33,37H,6-18,21-24,26,28-31H2,1-5H3,(H-,35,38,39,40)/b20-19+,27-25+. The molecule has 0 spiro atoms. The molecule has 0 saturated heterocycles. The summed E-state index contributed by atoms with van der Waals surface area (Å²) in [6, 6.07) is -0.894. The summed E-state index contributed by atoms with van der Waals surface area (Å²) < 4.78 is 22.9. The lowest BCUT2D eigenvalue weighted by Gasteiger charge is -2.29. The Kier molecular flexibility index (Phi) is 26.7. The lowest BCUT2D eigenvalue weighted by molar-refractivity contribution is -0.870. The number of rotatable bonds is 30. The van der Waals surface area contributed by atoms with Crippen molar-refractivity contribution in [3.8, 4) is 0 Å². The SMILES string of the molecule is CCCCCCCCC/C=C/CC/C=C/C(O)C(COP(=O)([O-])OCC[N+](C)(C)C)NC(=O)CCCCCCCCCC. The van der Waals surface area contributed by atoms with Crippen molar-refractivity contribution < 1.29 is 32.9 Å². The maximum absolute atomic E-state index is 12.6. The van der Waals surface area contributed by atoms with E-state index in [9.17, 15) is 19.4 Å². The molecule has 1 amide bonds.